The lowest BCUT2D eigenvalue weighted by atomic mass is 10.0. The Morgan fingerprint density at radius 2 is 1.97 bits per heavy atom. The maximum Gasteiger partial charge on any atom is 0.280 e. The molecule has 1 N–H and O–H groups in total. The lowest BCUT2D eigenvalue weighted by molar-refractivity contribution is -0.122. The summed E-state index contributed by atoms with van der Waals surface area (Å²) >= 11 is 0. The van der Waals surface area contributed by atoms with E-state index in [4.69, 9.17) is 0 Å². The van der Waals surface area contributed by atoms with Crippen molar-refractivity contribution in [1.82, 2.24) is 20.1 Å². The van der Waals surface area contributed by atoms with E-state index in [1.165, 1.54) is 12.1 Å². The van der Waals surface area contributed by atoms with E-state index in [0.29, 0.717) is 34.9 Å². The van der Waals surface area contributed by atoms with E-state index in [1.807, 2.05) is 0 Å². The first-order valence-electron chi connectivity index (χ1n) is 10.4. The van der Waals surface area contributed by atoms with Gasteiger partial charge in [0.15, 0.2) is 0 Å². The molecule has 1 fully saturated rings. The average Bonchev–Trinajstić information content (AvgIpc) is 3.27. The van der Waals surface area contributed by atoms with Crippen molar-refractivity contribution in [2.75, 3.05) is 0 Å². The highest BCUT2D eigenvalue weighted by molar-refractivity contribution is 5.76. The summed E-state index contributed by atoms with van der Waals surface area (Å²) in [6, 6.07) is 7.55. The molecule has 2 aliphatic rings. The van der Waals surface area contributed by atoms with Gasteiger partial charge >= 0.3 is 0 Å². The number of carbonyl (C=O) groups is 1. The monoisotopic (exact) mass is 444 g/mol. The zero-order valence-corrected chi connectivity index (χ0v) is 16.9. The number of halogens is 4. The first kappa shape index (κ1) is 20.7. The molecule has 3 atom stereocenters. The Labute approximate surface area is 181 Å². The molecular formula is C23H20F4N4O. The first-order chi connectivity index (χ1) is 15.4. The summed E-state index contributed by atoms with van der Waals surface area (Å²) in [5, 5.41) is 7.09. The number of pyridine rings is 1. The first-order valence-corrected chi connectivity index (χ1v) is 10.4. The van der Waals surface area contributed by atoms with Gasteiger partial charge < -0.3 is 5.32 Å². The molecule has 5 rings (SSSR count). The molecule has 2 aromatic heterocycles. The fraction of sp³-hybridized carbons (Fsp3) is 0.348. The van der Waals surface area contributed by atoms with E-state index in [2.05, 4.69) is 15.4 Å². The van der Waals surface area contributed by atoms with Gasteiger partial charge in [0.25, 0.3) is 6.43 Å². The molecular weight excluding hydrogens is 424 g/mol. The molecule has 1 amide bonds. The minimum Gasteiger partial charge on any atom is -0.346 e. The van der Waals surface area contributed by atoms with Gasteiger partial charge in [0.1, 0.15) is 23.9 Å². The molecule has 32 heavy (non-hydrogen) atoms. The second-order valence-electron chi connectivity index (χ2n) is 8.37. The largest absolute Gasteiger partial charge is 0.346 e. The maximum absolute atomic E-state index is 13.7. The standard InChI is InChI=1S/C23H20F4N4O/c24-14-5-12(6-15(25)10-14)7-19(18-3-1-2-4-28-18)29-20(32)11-31-22(23(26)27)17-9-13-8-16(13)21(17)30-31/h1-6,10,13,16,19,23H,7-9,11H2,(H,29,32)/t13?,16?,19-/m0/s1. The van der Waals surface area contributed by atoms with Gasteiger partial charge in [-0.2, -0.15) is 5.10 Å². The molecule has 1 aromatic carbocycles. The van der Waals surface area contributed by atoms with Crippen LogP contribution in [0.2, 0.25) is 0 Å². The predicted molar refractivity (Wildman–Crippen MR) is 107 cm³/mol. The van der Waals surface area contributed by atoms with Gasteiger partial charge in [-0.05, 0) is 55.0 Å². The number of nitrogens with one attached hydrogen (secondary N) is 1. The molecule has 9 heteroatoms. The normalized spacial score (nSPS) is 19.5. The molecule has 0 spiro atoms. The summed E-state index contributed by atoms with van der Waals surface area (Å²) in [7, 11) is 0. The quantitative estimate of drug-likeness (QED) is 0.555. The average molecular weight is 444 g/mol. The second kappa shape index (κ2) is 8.03. The Morgan fingerprint density at radius 3 is 2.66 bits per heavy atom. The topological polar surface area (TPSA) is 59.8 Å². The lowest BCUT2D eigenvalue weighted by Gasteiger charge is -2.19. The second-order valence-corrected chi connectivity index (χ2v) is 8.37. The van der Waals surface area contributed by atoms with Crippen LogP contribution in [0.4, 0.5) is 17.6 Å². The molecule has 5 nitrogen and oxygen atoms in total. The van der Waals surface area contributed by atoms with Crippen molar-refractivity contribution < 1.29 is 22.4 Å². The molecule has 2 aliphatic carbocycles. The van der Waals surface area contributed by atoms with E-state index >= 15 is 0 Å². The number of fused-ring (bicyclic) bond motifs is 3. The fourth-order valence-corrected chi connectivity index (χ4v) is 4.63. The van der Waals surface area contributed by atoms with E-state index in [-0.39, 0.29) is 24.6 Å². The van der Waals surface area contributed by atoms with Crippen LogP contribution in [0.3, 0.4) is 0 Å². The molecule has 1 saturated carbocycles. The van der Waals surface area contributed by atoms with Crippen LogP contribution in [-0.2, 0) is 24.2 Å². The van der Waals surface area contributed by atoms with Gasteiger partial charge in [0.05, 0.1) is 17.4 Å². The van der Waals surface area contributed by atoms with Crippen LogP contribution < -0.4 is 5.32 Å². The maximum atomic E-state index is 13.7. The molecule has 2 heterocycles. The van der Waals surface area contributed by atoms with Crippen LogP contribution in [-0.4, -0.2) is 20.7 Å². The van der Waals surface area contributed by atoms with Crippen molar-refractivity contribution in [1.29, 1.82) is 0 Å². The summed E-state index contributed by atoms with van der Waals surface area (Å²) in [6.45, 7) is -0.370. The van der Waals surface area contributed by atoms with Crippen LogP contribution in [0.15, 0.2) is 42.6 Å². The number of amides is 1. The van der Waals surface area contributed by atoms with E-state index < -0.39 is 30.0 Å². The van der Waals surface area contributed by atoms with Crippen molar-refractivity contribution in [3.63, 3.8) is 0 Å². The summed E-state index contributed by atoms with van der Waals surface area (Å²) in [5.74, 6) is -1.34. The van der Waals surface area contributed by atoms with Crippen LogP contribution >= 0.6 is 0 Å². The highest BCUT2D eigenvalue weighted by Crippen LogP contribution is 2.57. The number of carbonyl (C=O) groups excluding carboxylic acids is 1. The Balaban J connectivity index is 1.37. The third-order valence-electron chi connectivity index (χ3n) is 6.11. The number of benzene rings is 1. The molecule has 0 bridgehead atoms. The Morgan fingerprint density at radius 1 is 1.19 bits per heavy atom. The minimum atomic E-state index is -2.72. The van der Waals surface area contributed by atoms with E-state index in [0.717, 1.165) is 17.2 Å². The molecule has 3 aromatic rings. The number of rotatable bonds is 7. The summed E-state index contributed by atoms with van der Waals surface area (Å²) in [6.07, 6.45) is 0.449. The number of alkyl halides is 2. The van der Waals surface area contributed by atoms with Crippen molar-refractivity contribution in [3.8, 4) is 0 Å². The summed E-state index contributed by atoms with van der Waals surface area (Å²) in [5.41, 5.74) is 1.90. The highest BCUT2D eigenvalue weighted by atomic mass is 19.3. The van der Waals surface area contributed by atoms with Crippen LogP contribution in [0.5, 0.6) is 0 Å². The fourth-order valence-electron chi connectivity index (χ4n) is 4.63. The van der Waals surface area contributed by atoms with Gasteiger partial charge in [-0.1, -0.05) is 6.07 Å². The third-order valence-corrected chi connectivity index (χ3v) is 6.11. The molecule has 0 aliphatic heterocycles. The van der Waals surface area contributed by atoms with Gasteiger partial charge in [0, 0.05) is 23.7 Å². The number of aromatic nitrogens is 3. The molecule has 0 radical (unpaired) electrons. The summed E-state index contributed by atoms with van der Waals surface area (Å²) in [4.78, 5) is 17.1. The third kappa shape index (κ3) is 3.99. The zero-order valence-electron chi connectivity index (χ0n) is 16.9. The Kier molecular flexibility index (Phi) is 5.19. The minimum absolute atomic E-state index is 0.0818. The number of hydrogen-bond donors (Lipinski definition) is 1. The zero-order chi connectivity index (χ0) is 22.4. The van der Waals surface area contributed by atoms with Crippen molar-refractivity contribution in [3.05, 3.63) is 82.4 Å². The smallest absolute Gasteiger partial charge is 0.280 e. The predicted octanol–water partition coefficient (Wildman–Crippen LogP) is 4.25. The van der Waals surface area contributed by atoms with Crippen molar-refractivity contribution in [2.45, 2.75) is 44.2 Å². The van der Waals surface area contributed by atoms with Gasteiger partial charge in [-0.15, -0.1) is 0 Å². The molecule has 0 saturated heterocycles. The van der Waals surface area contributed by atoms with Gasteiger partial charge in [-0.3, -0.25) is 14.5 Å². The van der Waals surface area contributed by atoms with Gasteiger partial charge in [0.2, 0.25) is 5.91 Å². The van der Waals surface area contributed by atoms with Crippen LogP contribution in [0, 0.1) is 17.6 Å². The number of nitrogens with zero attached hydrogens (tertiary/aromatic N) is 3. The SMILES string of the molecule is O=C(Cn1nc2c(c1C(F)F)CC1CC21)N[C@@H](Cc1cc(F)cc(F)c1)c1ccccn1. The van der Waals surface area contributed by atoms with E-state index in [9.17, 15) is 22.4 Å². The van der Waals surface area contributed by atoms with Crippen molar-refractivity contribution in [2.24, 2.45) is 5.92 Å². The number of hydrogen-bond acceptors (Lipinski definition) is 3. The Bertz CT molecular complexity index is 1140. The highest BCUT2D eigenvalue weighted by Gasteiger charge is 2.49. The van der Waals surface area contributed by atoms with E-state index in [1.54, 1.807) is 24.4 Å². The van der Waals surface area contributed by atoms with Crippen LogP contribution in [0.1, 0.15) is 53.0 Å². The Hall–Kier alpha value is -3.23. The van der Waals surface area contributed by atoms with Gasteiger partial charge in [-0.25, -0.2) is 17.6 Å². The summed E-state index contributed by atoms with van der Waals surface area (Å²) < 4.78 is 55.8. The molecule has 166 valence electrons. The van der Waals surface area contributed by atoms with Crippen LogP contribution in [0.25, 0.3) is 0 Å². The molecule has 2 unspecified atom stereocenters. The lowest BCUT2D eigenvalue weighted by Crippen LogP contribution is -2.34. The van der Waals surface area contributed by atoms with Crippen molar-refractivity contribution >= 4 is 5.91 Å².